The Hall–Kier alpha value is -8.86. The van der Waals surface area contributed by atoms with Gasteiger partial charge in [0.05, 0.1) is 55.4 Å². The van der Waals surface area contributed by atoms with E-state index in [1.807, 2.05) is 117 Å². The van der Waals surface area contributed by atoms with Crippen LogP contribution in [0.1, 0.15) is 101 Å². The Balaban J connectivity index is 0.631. The predicted octanol–water partition coefficient (Wildman–Crippen LogP) is 10.6. The van der Waals surface area contributed by atoms with Crippen molar-refractivity contribution < 1.29 is 52.7 Å². The van der Waals surface area contributed by atoms with Gasteiger partial charge in [-0.3, -0.25) is 14.0 Å². The molecule has 5 aromatic carbocycles. The van der Waals surface area contributed by atoms with Crippen molar-refractivity contribution >= 4 is 39.8 Å². The summed E-state index contributed by atoms with van der Waals surface area (Å²) in [4.78, 5) is 45.4. The number of carbonyl (C=O) groups excluding carboxylic acids is 3. The van der Waals surface area contributed by atoms with Crippen LogP contribution in [0.25, 0.3) is 50.2 Å². The Labute approximate surface area is 488 Å². The molecule has 9 rings (SSSR count). The lowest BCUT2D eigenvalue weighted by Crippen LogP contribution is -2.25. The molecule has 15 nitrogen and oxygen atoms in total. The smallest absolute Gasteiger partial charge is 0.222 e. The fourth-order valence-corrected chi connectivity index (χ4v) is 10.3. The summed E-state index contributed by atoms with van der Waals surface area (Å²) < 4.78 is 42.6. The second-order valence-corrected chi connectivity index (χ2v) is 21.5. The van der Waals surface area contributed by atoms with E-state index in [9.17, 15) is 29.7 Å². The van der Waals surface area contributed by atoms with Gasteiger partial charge in [0.15, 0.2) is 23.2 Å². The van der Waals surface area contributed by atoms with Crippen LogP contribution < -0.4 is 30.0 Å². The highest BCUT2D eigenvalue weighted by Crippen LogP contribution is 2.42. The summed E-state index contributed by atoms with van der Waals surface area (Å²) in [5, 5.41) is 38.4. The summed E-state index contributed by atoms with van der Waals surface area (Å²) >= 11 is 0. The molecule has 436 valence electrons. The second-order valence-electron chi connectivity index (χ2n) is 21.5. The number of Topliss-reactive ketones (excluding diaryl/α,β-unsaturated/α-hetero) is 1. The Bertz CT molecular complexity index is 3800. The Morgan fingerprint density at radius 1 is 0.726 bits per heavy atom. The molecule has 0 saturated carbocycles. The van der Waals surface area contributed by atoms with Gasteiger partial charge in [0.25, 0.3) is 0 Å². The van der Waals surface area contributed by atoms with E-state index >= 15 is 4.39 Å². The number of carboxylic acid groups (broad SMARTS) is 1. The maximum Gasteiger partial charge on any atom is 0.222 e. The molecule has 1 aliphatic heterocycles. The standard InChI is InChI=1S/C68H72FN5O10/c1-72(2)50-22-27-54-63(42-50)84-64-43-51(73(3)4)23-28-55(64)66(54)56-40-48(21-26-53(56)68(79)80)61(76)17-14-32-81-35-36-82-34-30-65(77)70-31-12-7-5-6-8-13-33-83-62-29-18-46(38-57(62)69)37-49-41-60-58(39-45-15-10-9-11-16-45)71-59(44-74(60)67(49)78)47-19-24-52(75)25-20-47/h9-11,15-16,18-29,38,40-44H,5-8,12-14,17,30-37,39H2,1-4H3,(H3-,70,71,75,77,78,79,80). The first kappa shape index (κ1) is 59.8. The molecule has 16 heteroatoms. The molecule has 1 aliphatic carbocycles. The van der Waals surface area contributed by atoms with Crippen LogP contribution in [0.3, 0.4) is 0 Å². The number of ether oxygens (including phenoxy) is 3. The third-order valence-electron chi connectivity index (χ3n) is 14.9. The molecular formula is C68H72FN5O10. The monoisotopic (exact) mass is 1140 g/mol. The van der Waals surface area contributed by atoms with Crippen LogP contribution in [0.15, 0.2) is 144 Å². The number of carbonyl (C=O) groups is 3. The number of aromatic hydroxyl groups is 2. The topological polar surface area (TPSA) is 191 Å². The Kier molecular flexibility index (Phi) is 20.2. The molecule has 7 aromatic rings. The summed E-state index contributed by atoms with van der Waals surface area (Å²) in [6.07, 6.45) is 9.07. The van der Waals surface area contributed by atoms with E-state index in [1.54, 1.807) is 47.0 Å². The number of halogens is 1. The molecular weight excluding hydrogens is 1070 g/mol. The van der Waals surface area contributed by atoms with Crippen molar-refractivity contribution in [1.82, 2.24) is 19.3 Å². The third-order valence-corrected chi connectivity index (χ3v) is 14.9. The van der Waals surface area contributed by atoms with E-state index in [0.717, 1.165) is 71.9 Å². The highest BCUT2D eigenvalue weighted by molar-refractivity contribution is 6.09. The van der Waals surface area contributed by atoms with Gasteiger partial charge in [-0.1, -0.05) is 74.2 Å². The van der Waals surface area contributed by atoms with Crippen LogP contribution in [-0.4, -0.2) is 105 Å². The zero-order valence-corrected chi connectivity index (χ0v) is 48.1. The van der Waals surface area contributed by atoms with E-state index in [1.165, 1.54) is 18.2 Å². The number of carboxylic acids is 1. The fraction of sp³-hybridized carbons (Fsp3) is 0.309. The van der Waals surface area contributed by atoms with E-state index in [-0.39, 0.29) is 54.1 Å². The number of phenols is 1. The van der Waals surface area contributed by atoms with Crippen LogP contribution in [0, 0.1) is 5.82 Å². The average Bonchev–Trinajstić information content (AvgIpc) is 1.23. The molecule has 2 aliphatic rings. The molecule has 0 saturated heterocycles. The van der Waals surface area contributed by atoms with Gasteiger partial charge in [0.1, 0.15) is 31.2 Å². The number of aromatic carboxylic acids is 1. The molecule has 0 atom stereocenters. The number of hydrogen-bond acceptors (Lipinski definition) is 12. The Morgan fingerprint density at radius 3 is 2.24 bits per heavy atom. The first-order valence-corrected chi connectivity index (χ1v) is 28.7. The average molecular weight is 1140 g/mol. The van der Waals surface area contributed by atoms with Gasteiger partial charge in [0, 0.05) is 116 Å². The van der Waals surface area contributed by atoms with E-state index < -0.39 is 11.8 Å². The quantitative estimate of drug-likeness (QED) is 0.0174. The van der Waals surface area contributed by atoms with Crippen molar-refractivity contribution in [3.8, 4) is 51.1 Å². The molecule has 3 N–H and O–H groups in total. The van der Waals surface area contributed by atoms with Gasteiger partial charge in [-0.2, -0.15) is 0 Å². The maximum atomic E-state index is 15.3. The van der Waals surface area contributed by atoms with E-state index in [0.29, 0.717) is 108 Å². The molecule has 2 aromatic heterocycles. The van der Waals surface area contributed by atoms with Crippen LogP contribution in [-0.2, 0) is 27.1 Å². The number of nitrogens with one attached hydrogen (secondary N) is 1. The summed E-state index contributed by atoms with van der Waals surface area (Å²) in [6.45, 7) is 2.18. The minimum atomic E-state index is -1.35. The van der Waals surface area contributed by atoms with Gasteiger partial charge in [0.2, 0.25) is 11.3 Å². The van der Waals surface area contributed by atoms with Crippen molar-refractivity contribution in [2.75, 3.05) is 72.7 Å². The zero-order valence-electron chi connectivity index (χ0n) is 48.1. The SMILES string of the molecule is CN(C)c1ccc2c(-c3cc(C(=O)CCCOCCOCCC(=O)NCCCCCCCCOc4ccc(Cc5cc6c(Cc7ccccc7)nc(-c7ccc(O)cc7)cn6c5O)cc4F)ccc3C(=O)[O-])c3ccc(=[N+](C)C)cc-3oc2c1. The van der Waals surface area contributed by atoms with Crippen molar-refractivity contribution in [3.05, 3.63) is 184 Å². The number of anilines is 1. The number of fused-ring (bicyclic) bond motifs is 3. The van der Waals surface area contributed by atoms with Gasteiger partial charge in [-0.15, -0.1) is 0 Å². The lowest BCUT2D eigenvalue weighted by atomic mass is 9.88. The van der Waals surface area contributed by atoms with E-state index in [2.05, 4.69) is 5.32 Å². The van der Waals surface area contributed by atoms with Crippen LogP contribution in [0.2, 0.25) is 0 Å². The first-order chi connectivity index (χ1) is 40.7. The number of ketones is 1. The zero-order chi connectivity index (χ0) is 59.1. The fourth-order valence-electron chi connectivity index (χ4n) is 10.3. The summed E-state index contributed by atoms with van der Waals surface area (Å²) in [5.74, 6) is -1.06. The summed E-state index contributed by atoms with van der Waals surface area (Å²) in [5.41, 5.74) is 8.93. The van der Waals surface area contributed by atoms with Gasteiger partial charge >= 0.3 is 0 Å². The number of rotatable bonds is 29. The second kappa shape index (κ2) is 28.4. The predicted molar refractivity (Wildman–Crippen MR) is 322 cm³/mol. The van der Waals surface area contributed by atoms with Crippen molar-refractivity contribution in [2.24, 2.45) is 0 Å². The highest BCUT2D eigenvalue weighted by Gasteiger charge is 2.23. The van der Waals surface area contributed by atoms with Gasteiger partial charge < -0.3 is 49.0 Å². The number of aromatic nitrogens is 2. The summed E-state index contributed by atoms with van der Waals surface area (Å²) in [6, 6.07) is 39.7. The lowest BCUT2D eigenvalue weighted by molar-refractivity contribution is -0.255. The van der Waals surface area contributed by atoms with Crippen LogP contribution in [0.4, 0.5) is 10.1 Å². The lowest BCUT2D eigenvalue weighted by Gasteiger charge is -2.20. The van der Waals surface area contributed by atoms with Crippen LogP contribution in [0.5, 0.6) is 17.4 Å². The number of phenolic OH excluding ortho intramolecular Hbond substituents is 1. The molecule has 3 heterocycles. The molecule has 1 amide bonds. The minimum Gasteiger partial charge on any atom is -0.545 e. The van der Waals surface area contributed by atoms with Gasteiger partial charge in [-0.05, 0) is 103 Å². The number of hydrogen-bond donors (Lipinski definition) is 3. The normalized spacial score (nSPS) is 11.4. The van der Waals surface area contributed by atoms with Crippen molar-refractivity contribution in [1.29, 1.82) is 0 Å². The number of benzene rings is 6. The van der Waals surface area contributed by atoms with Gasteiger partial charge in [-0.25, -0.2) is 13.9 Å². The molecule has 0 spiro atoms. The maximum absolute atomic E-state index is 15.3. The van der Waals surface area contributed by atoms with E-state index in [4.69, 9.17) is 23.6 Å². The molecule has 0 bridgehead atoms. The number of nitrogens with zero attached hydrogens (tertiary/aromatic N) is 4. The minimum absolute atomic E-state index is 0.0290. The van der Waals surface area contributed by atoms with Crippen molar-refractivity contribution in [2.45, 2.75) is 70.6 Å². The molecule has 0 fully saturated rings. The number of unbranched alkanes of at least 4 members (excludes halogenated alkanes) is 5. The van der Waals surface area contributed by atoms with Crippen molar-refractivity contribution in [3.63, 3.8) is 0 Å². The van der Waals surface area contributed by atoms with Crippen LogP contribution >= 0.6 is 0 Å². The molecule has 0 radical (unpaired) electrons. The third kappa shape index (κ3) is 15.2. The molecule has 84 heavy (non-hydrogen) atoms. The highest BCUT2D eigenvalue weighted by atomic mass is 19.1. The first-order valence-electron chi connectivity index (χ1n) is 28.7. The number of amides is 1. The summed E-state index contributed by atoms with van der Waals surface area (Å²) in [7, 11) is 7.73. The molecule has 0 unspecified atom stereocenters. The largest absolute Gasteiger partial charge is 0.545 e. The Morgan fingerprint density at radius 2 is 1.49 bits per heavy atom.